The summed E-state index contributed by atoms with van der Waals surface area (Å²) in [6, 6.07) is 4.87. The van der Waals surface area contributed by atoms with Crippen molar-refractivity contribution in [3.63, 3.8) is 0 Å². The maximum Gasteiger partial charge on any atom is 0.573 e. The SMILES string of the molecule is NS(=O)(=O)c1cc(F)c(-c2c(-c3ccc(OC(F)(F)F)cc3)noc2CF)cc1F. The molecule has 0 aliphatic heterocycles. The van der Waals surface area contributed by atoms with Gasteiger partial charge in [-0.3, -0.25) is 0 Å². The lowest BCUT2D eigenvalue weighted by Gasteiger charge is -2.10. The Bertz CT molecular complexity index is 1190. The quantitative estimate of drug-likeness (QED) is 0.583. The van der Waals surface area contributed by atoms with E-state index in [0.29, 0.717) is 12.1 Å². The van der Waals surface area contributed by atoms with E-state index >= 15 is 0 Å². The van der Waals surface area contributed by atoms with Crippen LogP contribution in [0.2, 0.25) is 0 Å². The highest BCUT2D eigenvalue weighted by Gasteiger charge is 2.31. The first-order valence-corrected chi connectivity index (χ1v) is 9.38. The number of hydrogen-bond acceptors (Lipinski definition) is 5. The minimum Gasteiger partial charge on any atom is -0.406 e. The molecule has 0 aliphatic carbocycles. The number of halogens is 6. The van der Waals surface area contributed by atoms with Gasteiger partial charge in [-0.2, -0.15) is 0 Å². The summed E-state index contributed by atoms with van der Waals surface area (Å²) in [6.07, 6.45) is -4.92. The third kappa shape index (κ3) is 4.41. The van der Waals surface area contributed by atoms with Crippen LogP contribution in [-0.4, -0.2) is 19.9 Å². The van der Waals surface area contributed by atoms with E-state index in [2.05, 4.69) is 9.89 Å². The van der Waals surface area contributed by atoms with Gasteiger partial charge in [-0.15, -0.1) is 13.2 Å². The van der Waals surface area contributed by atoms with Gasteiger partial charge in [-0.1, -0.05) is 5.16 Å². The number of sulfonamides is 1. The van der Waals surface area contributed by atoms with Crippen LogP contribution in [0.4, 0.5) is 26.3 Å². The number of hydrogen-bond donors (Lipinski definition) is 1. The highest BCUT2D eigenvalue weighted by Crippen LogP contribution is 2.38. The van der Waals surface area contributed by atoms with Crippen molar-refractivity contribution in [3.05, 3.63) is 53.8 Å². The van der Waals surface area contributed by atoms with E-state index in [1.807, 2.05) is 0 Å². The number of primary sulfonamides is 1. The Kier molecular flexibility index (Phi) is 5.52. The molecule has 0 atom stereocenters. The fraction of sp³-hybridized carbons (Fsp3) is 0.118. The molecule has 0 fully saturated rings. The number of rotatable bonds is 5. The summed E-state index contributed by atoms with van der Waals surface area (Å²) >= 11 is 0. The normalized spacial score (nSPS) is 12.2. The van der Waals surface area contributed by atoms with Gasteiger partial charge in [-0.25, -0.2) is 26.7 Å². The van der Waals surface area contributed by atoms with Crippen LogP contribution in [0.3, 0.4) is 0 Å². The second-order valence-corrected chi connectivity index (χ2v) is 7.37. The van der Waals surface area contributed by atoms with Gasteiger partial charge >= 0.3 is 6.36 Å². The molecule has 0 radical (unpaired) electrons. The summed E-state index contributed by atoms with van der Waals surface area (Å²) in [5.74, 6) is -3.74. The summed E-state index contributed by atoms with van der Waals surface area (Å²) in [4.78, 5) is -1.11. The van der Waals surface area contributed by atoms with Crippen LogP contribution in [0.25, 0.3) is 22.4 Å². The number of alkyl halides is 4. The second-order valence-electron chi connectivity index (χ2n) is 5.84. The first-order valence-electron chi connectivity index (χ1n) is 7.83. The average Bonchev–Trinajstić information content (AvgIpc) is 3.05. The molecule has 0 amide bonds. The highest BCUT2D eigenvalue weighted by atomic mass is 32.2. The number of ether oxygens (including phenoxy) is 1. The Morgan fingerprint density at radius 1 is 1.07 bits per heavy atom. The number of nitrogens with zero attached hydrogens (tertiary/aromatic N) is 1. The molecule has 6 nitrogen and oxygen atoms in total. The molecule has 13 heteroatoms. The molecule has 2 aromatic carbocycles. The summed E-state index contributed by atoms with van der Waals surface area (Å²) in [6.45, 7) is -1.28. The molecule has 1 aromatic heterocycles. The van der Waals surface area contributed by atoms with Crippen LogP contribution in [0.5, 0.6) is 5.75 Å². The number of nitrogens with two attached hydrogens (primary N) is 1. The first kappa shape index (κ1) is 21.6. The van der Waals surface area contributed by atoms with Crippen LogP contribution >= 0.6 is 0 Å². The molecule has 1 heterocycles. The zero-order chi connectivity index (χ0) is 22.3. The molecule has 3 aromatic rings. The molecule has 0 saturated carbocycles. The van der Waals surface area contributed by atoms with Crippen molar-refractivity contribution in [1.82, 2.24) is 5.16 Å². The zero-order valence-electron chi connectivity index (χ0n) is 14.5. The summed E-state index contributed by atoms with van der Waals surface area (Å²) in [7, 11) is -4.57. The van der Waals surface area contributed by atoms with Crippen molar-refractivity contribution in [2.24, 2.45) is 5.14 Å². The fourth-order valence-electron chi connectivity index (χ4n) is 2.64. The topological polar surface area (TPSA) is 95.4 Å². The minimum absolute atomic E-state index is 0.0679. The second kappa shape index (κ2) is 7.65. The molecule has 0 unspecified atom stereocenters. The number of benzene rings is 2. The lowest BCUT2D eigenvalue weighted by atomic mass is 9.98. The van der Waals surface area contributed by atoms with E-state index in [4.69, 9.17) is 9.66 Å². The standard InChI is InChI=1S/C17H10F6N2O4S/c18-7-13-15(10-5-12(20)14(6-11(10)19)30(24,26)27)16(25-29-13)8-1-3-9(4-2-8)28-17(21,22)23/h1-6H,7H2,(H2,24,26,27). The van der Waals surface area contributed by atoms with E-state index in [0.717, 1.165) is 24.3 Å². The summed E-state index contributed by atoms with van der Waals surface area (Å²) in [5.41, 5.74) is -1.08. The van der Waals surface area contributed by atoms with E-state index < -0.39 is 56.7 Å². The first-order chi connectivity index (χ1) is 13.9. The zero-order valence-corrected chi connectivity index (χ0v) is 15.3. The largest absolute Gasteiger partial charge is 0.573 e. The van der Waals surface area contributed by atoms with Gasteiger partial charge in [0.25, 0.3) is 0 Å². The molecule has 0 spiro atoms. The van der Waals surface area contributed by atoms with Crippen molar-refractivity contribution in [2.75, 3.05) is 0 Å². The Morgan fingerprint density at radius 3 is 2.23 bits per heavy atom. The predicted octanol–water partition coefficient (Wildman–Crippen LogP) is 4.30. The third-order valence-corrected chi connectivity index (χ3v) is 4.77. The van der Waals surface area contributed by atoms with Gasteiger partial charge in [0, 0.05) is 11.1 Å². The van der Waals surface area contributed by atoms with Crippen molar-refractivity contribution in [3.8, 4) is 28.1 Å². The number of aromatic nitrogens is 1. The fourth-order valence-corrected chi connectivity index (χ4v) is 3.24. The molecule has 2 N–H and O–H groups in total. The summed E-state index contributed by atoms with van der Waals surface area (Å²) in [5, 5.41) is 8.38. The third-order valence-electron chi connectivity index (χ3n) is 3.84. The maximum absolute atomic E-state index is 14.6. The Labute approximate surface area is 164 Å². The molecule has 0 bridgehead atoms. The van der Waals surface area contributed by atoms with Crippen LogP contribution in [0.15, 0.2) is 45.8 Å². The van der Waals surface area contributed by atoms with E-state index in [1.54, 1.807) is 0 Å². The van der Waals surface area contributed by atoms with Crippen molar-refractivity contribution >= 4 is 10.0 Å². The molecular formula is C17H10F6N2O4S. The van der Waals surface area contributed by atoms with Crippen molar-refractivity contribution in [1.29, 1.82) is 0 Å². The lowest BCUT2D eigenvalue weighted by molar-refractivity contribution is -0.274. The van der Waals surface area contributed by atoms with E-state index in [-0.39, 0.29) is 16.8 Å². The molecule has 160 valence electrons. The molecule has 0 saturated heterocycles. The maximum atomic E-state index is 14.6. The van der Waals surface area contributed by atoms with E-state index in [9.17, 15) is 34.8 Å². The highest BCUT2D eigenvalue weighted by molar-refractivity contribution is 7.89. The van der Waals surface area contributed by atoms with E-state index in [1.165, 1.54) is 0 Å². The Balaban J connectivity index is 2.13. The molecular weight excluding hydrogens is 442 g/mol. The Morgan fingerprint density at radius 2 is 1.70 bits per heavy atom. The molecule has 30 heavy (non-hydrogen) atoms. The smallest absolute Gasteiger partial charge is 0.406 e. The van der Waals surface area contributed by atoms with Gasteiger partial charge in [-0.05, 0) is 36.4 Å². The lowest BCUT2D eigenvalue weighted by Crippen LogP contribution is -2.16. The van der Waals surface area contributed by atoms with Crippen LogP contribution in [-0.2, 0) is 16.7 Å². The van der Waals surface area contributed by atoms with Crippen LogP contribution in [0.1, 0.15) is 5.76 Å². The summed E-state index contributed by atoms with van der Waals surface area (Å²) < 4.78 is 110. The van der Waals surface area contributed by atoms with Gasteiger partial charge in [0.2, 0.25) is 10.0 Å². The van der Waals surface area contributed by atoms with Crippen LogP contribution in [0, 0.1) is 11.6 Å². The monoisotopic (exact) mass is 452 g/mol. The predicted molar refractivity (Wildman–Crippen MR) is 90.2 cm³/mol. The van der Waals surface area contributed by atoms with Gasteiger partial charge < -0.3 is 9.26 Å². The Hall–Kier alpha value is -3.06. The van der Waals surface area contributed by atoms with Gasteiger partial charge in [0.05, 0.1) is 5.56 Å². The van der Waals surface area contributed by atoms with Gasteiger partial charge in [0.1, 0.15) is 28.0 Å². The van der Waals surface area contributed by atoms with Crippen molar-refractivity contribution < 1.29 is 44.0 Å². The van der Waals surface area contributed by atoms with Gasteiger partial charge in [0.15, 0.2) is 12.4 Å². The molecule has 3 rings (SSSR count). The minimum atomic E-state index is -4.92. The average molecular weight is 452 g/mol. The molecule has 0 aliphatic rings. The van der Waals surface area contributed by atoms with Crippen LogP contribution < -0.4 is 9.88 Å². The van der Waals surface area contributed by atoms with Crippen molar-refractivity contribution in [2.45, 2.75) is 17.9 Å².